The van der Waals surface area contributed by atoms with Crippen molar-refractivity contribution in [2.45, 2.75) is 96.6 Å². The maximum Gasteiger partial charge on any atom is 0.251 e. The van der Waals surface area contributed by atoms with Crippen LogP contribution in [0.25, 0.3) is 0 Å². The number of piperidine rings is 1. The van der Waals surface area contributed by atoms with Crippen LogP contribution in [-0.2, 0) is 9.59 Å². The van der Waals surface area contributed by atoms with E-state index in [4.69, 9.17) is 0 Å². The van der Waals surface area contributed by atoms with Gasteiger partial charge in [-0.15, -0.1) is 0 Å². The average Bonchev–Trinajstić information content (AvgIpc) is 2.83. The van der Waals surface area contributed by atoms with E-state index < -0.39 is 0 Å². The summed E-state index contributed by atoms with van der Waals surface area (Å²) in [5.74, 6) is 0.192. The molecule has 1 aliphatic carbocycles. The van der Waals surface area contributed by atoms with Crippen molar-refractivity contribution in [3.8, 4) is 0 Å². The van der Waals surface area contributed by atoms with E-state index in [-0.39, 0.29) is 35.7 Å². The van der Waals surface area contributed by atoms with E-state index in [9.17, 15) is 14.4 Å². The number of hydrogen-bond acceptors (Lipinski definition) is 3. The molecule has 6 nitrogen and oxygen atoms in total. The topological polar surface area (TPSA) is 78.5 Å². The number of carbonyl (C=O) groups excluding carboxylic acids is 3. The molecule has 0 spiro atoms. The van der Waals surface area contributed by atoms with E-state index in [1.165, 1.54) is 12.8 Å². The van der Waals surface area contributed by atoms with Gasteiger partial charge >= 0.3 is 0 Å². The molecule has 1 heterocycles. The number of carbonyl (C=O) groups is 3. The Morgan fingerprint density at radius 1 is 0.909 bits per heavy atom. The number of likely N-dealkylation sites (tertiary alicyclic amines) is 1. The molecule has 2 aliphatic rings. The van der Waals surface area contributed by atoms with Gasteiger partial charge in [-0.3, -0.25) is 14.4 Å². The highest BCUT2D eigenvalue weighted by Gasteiger charge is 2.32. The molecule has 1 saturated carbocycles. The summed E-state index contributed by atoms with van der Waals surface area (Å²) in [5, 5.41) is 6.42. The van der Waals surface area contributed by atoms with E-state index in [0.29, 0.717) is 25.1 Å². The Kier molecular flexibility index (Phi) is 9.76. The highest BCUT2D eigenvalue weighted by Crippen LogP contribution is 2.23. The second kappa shape index (κ2) is 12.8. The van der Waals surface area contributed by atoms with Crippen LogP contribution in [0.2, 0.25) is 0 Å². The monoisotopic (exact) mass is 455 g/mol. The molecule has 6 heteroatoms. The molecule has 0 aromatic heterocycles. The number of hydrogen-bond donors (Lipinski definition) is 2. The first-order valence-electron chi connectivity index (χ1n) is 12.9. The molecule has 182 valence electrons. The molecule has 1 saturated heterocycles. The van der Waals surface area contributed by atoms with Crippen LogP contribution in [0.3, 0.4) is 0 Å². The summed E-state index contributed by atoms with van der Waals surface area (Å²) in [7, 11) is 0. The largest absolute Gasteiger partial charge is 0.351 e. The average molecular weight is 456 g/mol. The maximum absolute atomic E-state index is 13.0. The number of unbranched alkanes of at least 4 members (excludes halogenated alkanes) is 3. The molecular weight excluding hydrogens is 414 g/mol. The third kappa shape index (κ3) is 7.31. The Labute approximate surface area is 198 Å². The Balaban J connectivity index is 1.47. The third-order valence-electron chi connectivity index (χ3n) is 7.26. The first-order chi connectivity index (χ1) is 16.0. The zero-order chi connectivity index (χ0) is 23.6. The first-order valence-corrected chi connectivity index (χ1v) is 12.9. The summed E-state index contributed by atoms with van der Waals surface area (Å²) < 4.78 is 0. The molecule has 3 rings (SSSR count). The van der Waals surface area contributed by atoms with Gasteiger partial charge in [0.1, 0.15) is 0 Å². The fraction of sp³-hybridized carbons (Fsp3) is 0.667. The molecule has 2 atom stereocenters. The maximum atomic E-state index is 13.0. The summed E-state index contributed by atoms with van der Waals surface area (Å²) in [6, 6.07) is 7.53. The van der Waals surface area contributed by atoms with Gasteiger partial charge in [0.15, 0.2) is 0 Å². The van der Waals surface area contributed by atoms with Crippen molar-refractivity contribution in [1.82, 2.24) is 15.5 Å². The van der Waals surface area contributed by atoms with E-state index in [2.05, 4.69) is 17.6 Å². The van der Waals surface area contributed by atoms with Crippen LogP contribution in [0.5, 0.6) is 0 Å². The van der Waals surface area contributed by atoms with Crippen molar-refractivity contribution in [3.05, 3.63) is 35.4 Å². The molecule has 1 aromatic rings. The number of benzene rings is 1. The fourth-order valence-electron chi connectivity index (χ4n) is 5.10. The number of nitrogens with one attached hydrogen (secondary N) is 2. The van der Waals surface area contributed by atoms with Gasteiger partial charge in [0, 0.05) is 43.1 Å². The Morgan fingerprint density at radius 3 is 2.24 bits per heavy atom. The highest BCUT2D eigenvalue weighted by atomic mass is 16.2. The summed E-state index contributed by atoms with van der Waals surface area (Å²) >= 11 is 0. The number of rotatable bonds is 9. The van der Waals surface area contributed by atoms with Gasteiger partial charge in [0.05, 0.1) is 0 Å². The predicted molar refractivity (Wildman–Crippen MR) is 131 cm³/mol. The zero-order valence-electron chi connectivity index (χ0n) is 20.4. The minimum atomic E-state index is -0.0648. The van der Waals surface area contributed by atoms with E-state index in [0.717, 1.165) is 56.9 Å². The first kappa shape index (κ1) is 25.3. The van der Waals surface area contributed by atoms with Crippen LogP contribution < -0.4 is 10.6 Å². The van der Waals surface area contributed by atoms with Gasteiger partial charge in [0.25, 0.3) is 5.91 Å². The van der Waals surface area contributed by atoms with Gasteiger partial charge in [-0.25, -0.2) is 0 Å². The minimum Gasteiger partial charge on any atom is -0.351 e. The van der Waals surface area contributed by atoms with Gasteiger partial charge < -0.3 is 15.5 Å². The van der Waals surface area contributed by atoms with Crippen molar-refractivity contribution in [3.63, 3.8) is 0 Å². The molecule has 2 fully saturated rings. The van der Waals surface area contributed by atoms with Crippen LogP contribution in [-0.4, -0.2) is 47.8 Å². The van der Waals surface area contributed by atoms with Crippen molar-refractivity contribution < 1.29 is 14.4 Å². The quantitative estimate of drug-likeness (QED) is 0.543. The van der Waals surface area contributed by atoms with Crippen molar-refractivity contribution in [2.24, 2.45) is 5.92 Å². The number of amides is 3. The molecule has 0 unspecified atom stereocenters. The molecule has 33 heavy (non-hydrogen) atoms. The molecular formula is C27H41N3O3. The molecule has 1 aliphatic heterocycles. The van der Waals surface area contributed by atoms with Crippen molar-refractivity contribution in [1.29, 1.82) is 0 Å². The van der Waals surface area contributed by atoms with Gasteiger partial charge in [-0.05, 0) is 50.7 Å². The van der Waals surface area contributed by atoms with Crippen molar-refractivity contribution in [2.75, 3.05) is 13.1 Å². The Hall–Kier alpha value is -2.37. The lowest BCUT2D eigenvalue weighted by atomic mass is 9.88. The molecule has 2 N–H and O–H groups in total. The standard InChI is InChI=1S/C27H41N3O3/c1-3-4-5-6-15-25(31)30-18-16-21(17-19-30)26(32)28-23-13-9-10-14-24(23)29-27(33)22-12-8-7-11-20(22)2/h7-8,11-12,21,23-24H,3-6,9-10,13-19H2,1-2H3,(H,28,32)(H,29,33)/t23-,24-/m1/s1. The van der Waals surface area contributed by atoms with Crippen LogP contribution >= 0.6 is 0 Å². The molecule has 1 aromatic carbocycles. The normalized spacial score (nSPS) is 21.5. The van der Waals surface area contributed by atoms with Crippen LogP contribution in [0.1, 0.15) is 93.5 Å². The second-order valence-electron chi connectivity index (χ2n) is 9.76. The fourth-order valence-corrected chi connectivity index (χ4v) is 5.10. The SMILES string of the molecule is CCCCCCC(=O)N1CCC(C(=O)N[C@@H]2CCCC[C@H]2NC(=O)c2ccccc2C)CC1. The van der Waals surface area contributed by atoms with E-state index in [1.54, 1.807) is 0 Å². The third-order valence-corrected chi connectivity index (χ3v) is 7.26. The molecule has 0 radical (unpaired) electrons. The lowest BCUT2D eigenvalue weighted by molar-refractivity contribution is -0.136. The van der Waals surface area contributed by atoms with E-state index in [1.807, 2.05) is 36.1 Å². The summed E-state index contributed by atoms with van der Waals surface area (Å²) in [4.78, 5) is 40.2. The van der Waals surface area contributed by atoms with Gasteiger partial charge in [-0.1, -0.05) is 57.2 Å². The predicted octanol–water partition coefficient (Wildman–Crippen LogP) is 4.36. The van der Waals surface area contributed by atoms with Crippen LogP contribution in [0.15, 0.2) is 24.3 Å². The number of nitrogens with zero attached hydrogens (tertiary/aromatic N) is 1. The second-order valence-corrected chi connectivity index (χ2v) is 9.76. The van der Waals surface area contributed by atoms with E-state index >= 15 is 0 Å². The summed E-state index contributed by atoms with van der Waals surface area (Å²) in [6.07, 6.45) is 10.4. The lowest BCUT2D eigenvalue weighted by Gasteiger charge is -2.36. The number of aryl methyl sites for hydroxylation is 1. The van der Waals surface area contributed by atoms with Crippen LogP contribution in [0.4, 0.5) is 0 Å². The van der Waals surface area contributed by atoms with Gasteiger partial charge in [0.2, 0.25) is 11.8 Å². The molecule has 3 amide bonds. The lowest BCUT2D eigenvalue weighted by Crippen LogP contribution is -2.55. The highest BCUT2D eigenvalue weighted by molar-refractivity contribution is 5.95. The Morgan fingerprint density at radius 2 is 1.58 bits per heavy atom. The molecule has 0 bridgehead atoms. The zero-order valence-corrected chi connectivity index (χ0v) is 20.4. The smallest absolute Gasteiger partial charge is 0.251 e. The summed E-state index contributed by atoms with van der Waals surface area (Å²) in [5.41, 5.74) is 1.65. The minimum absolute atomic E-state index is 0.0301. The van der Waals surface area contributed by atoms with Gasteiger partial charge in [-0.2, -0.15) is 0 Å². The Bertz CT molecular complexity index is 802. The summed E-state index contributed by atoms with van der Waals surface area (Å²) in [6.45, 7) is 5.45. The van der Waals surface area contributed by atoms with Crippen LogP contribution in [0, 0.1) is 12.8 Å². The van der Waals surface area contributed by atoms with Crippen molar-refractivity contribution >= 4 is 17.7 Å².